The molecule has 1 aliphatic carbocycles. The molecule has 1 heterocycles. The molecule has 33 heavy (non-hydrogen) atoms. The lowest BCUT2D eigenvalue weighted by Gasteiger charge is -2.35. The predicted molar refractivity (Wildman–Crippen MR) is 131 cm³/mol. The number of carbonyl (C=O) groups is 1. The minimum atomic E-state index is -0.841. The number of aromatic hydroxyl groups is 1. The van der Waals surface area contributed by atoms with Crippen LogP contribution in [0.4, 0.5) is 0 Å². The Morgan fingerprint density at radius 2 is 1.94 bits per heavy atom. The van der Waals surface area contributed by atoms with Crippen molar-refractivity contribution in [3.63, 3.8) is 0 Å². The van der Waals surface area contributed by atoms with Gasteiger partial charge in [-0.25, -0.2) is 4.79 Å². The van der Waals surface area contributed by atoms with Crippen molar-refractivity contribution in [3.8, 4) is 11.5 Å². The second-order valence-electron chi connectivity index (χ2n) is 9.43. The first-order chi connectivity index (χ1) is 15.9. The topological polar surface area (TPSA) is 55.8 Å². The lowest BCUT2D eigenvalue weighted by molar-refractivity contribution is -0.0634. The Morgan fingerprint density at radius 3 is 2.64 bits per heavy atom. The molecule has 3 atom stereocenters. The molecule has 0 fully saturated rings. The summed E-state index contributed by atoms with van der Waals surface area (Å²) >= 11 is 0. The Kier molecular flexibility index (Phi) is 6.92. The maximum Gasteiger partial charge on any atom is 0.345 e. The number of hydrogen-bond acceptors (Lipinski definition) is 4. The van der Waals surface area contributed by atoms with E-state index in [0.717, 1.165) is 48.8 Å². The van der Waals surface area contributed by atoms with E-state index < -0.39 is 6.29 Å². The van der Waals surface area contributed by atoms with E-state index in [9.17, 15) is 9.90 Å². The first kappa shape index (κ1) is 23.2. The standard InChI is InChI=1S/C29H34O4/c1-5-6-8-13-21-17-24(30)26(23-16-19(4)14-15-22(23)18(2)3)27-25(21)28(31)33-29(32-27)20-11-9-7-10-12-20/h7,9-12,16-17,22-23,29-30H,2,5-6,8,13-15H2,1,3-4H3. The molecule has 1 N–H and O–H groups in total. The molecular weight excluding hydrogens is 412 g/mol. The Bertz CT molecular complexity index is 1070. The van der Waals surface area contributed by atoms with Gasteiger partial charge in [-0.2, -0.15) is 0 Å². The molecule has 0 radical (unpaired) electrons. The fourth-order valence-corrected chi connectivity index (χ4v) is 5.08. The van der Waals surface area contributed by atoms with E-state index in [-0.39, 0.29) is 23.6 Å². The van der Waals surface area contributed by atoms with Crippen LogP contribution in [0.3, 0.4) is 0 Å². The number of cyclic esters (lactones) is 1. The van der Waals surface area contributed by atoms with Crippen molar-refractivity contribution in [2.24, 2.45) is 5.92 Å². The van der Waals surface area contributed by atoms with Gasteiger partial charge in [-0.05, 0) is 57.1 Å². The molecule has 174 valence electrons. The SMILES string of the molecule is C=C(C)C1CCC(C)=CC1c1c(O)cc(CCCCC)c2c1OC(c1ccccc1)OC2=O. The van der Waals surface area contributed by atoms with Crippen LogP contribution >= 0.6 is 0 Å². The quantitative estimate of drug-likeness (QED) is 0.274. The normalized spacial score (nSPS) is 22.1. The minimum Gasteiger partial charge on any atom is -0.507 e. The number of rotatable bonds is 7. The van der Waals surface area contributed by atoms with E-state index in [2.05, 4.69) is 26.5 Å². The Hall–Kier alpha value is -3.01. The van der Waals surface area contributed by atoms with Gasteiger partial charge in [-0.1, -0.05) is 73.9 Å². The van der Waals surface area contributed by atoms with Gasteiger partial charge in [0.2, 0.25) is 0 Å². The van der Waals surface area contributed by atoms with Crippen LogP contribution in [0.2, 0.25) is 0 Å². The largest absolute Gasteiger partial charge is 0.507 e. The van der Waals surface area contributed by atoms with Gasteiger partial charge in [-0.15, -0.1) is 0 Å². The van der Waals surface area contributed by atoms with Gasteiger partial charge in [0, 0.05) is 17.0 Å². The number of esters is 1. The van der Waals surface area contributed by atoms with Crippen molar-refractivity contribution >= 4 is 5.97 Å². The number of unbranched alkanes of at least 4 members (excludes halogenated alkanes) is 2. The number of phenolic OH excluding ortho intramolecular Hbond substituents is 1. The lowest BCUT2D eigenvalue weighted by Crippen LogP contribution is -2.27. The summed E-state index contributed by atoms with van der Waals surface area (Å²) in [5.74, 6) is 0.336. The Morgan fingerprint density at radius 1 is 1.18 bits per heavy atom. The molecule has 4 rings (SSSR count). The zero-order chi connectivity index (χ0) is 23.5. The second-order valence-corrected chi connectivity index (χ2v) is 9.43. The van der Waals surface area contributed by atoms with Crippen LogP contribution in [-0.4, -0.2) is 11.1 Å². The maximum atomic E-state index is 13.3. The lowest BCUT2D eigenvalue weighted by atomic mass is 9.73. The summed E-state index contributed by atoms with van der Waals surface area (Å²) in [6.07, 6.45) is 7.10. The van der Waals surface area contributed by atoms with Crippen LogP contribution in [0.25, 0.3) is 0 Å². The number of ether oxygens (including phenoxy) is 2. The number of benzene rings is 2. The van der Waals surface area contributed by atoms with E-state index in [1.807, 2.05) is 37.3 Å². The van der Waals surface area contributed by atoms with Crippen LogP contribution in [0.5, 0.6) is 11.5 Å². The summed E-state index contributed by atoms with van der Waals surface area (Å²) in [5.41, 5.74) is 5.04. The van der Waals surface area contributed by atoms with Gasteiger partial charge in [0.15, 0.2) is 0 Å². The molecule has 2 aromatic rings. The molecule has 0 amide bonds. The fraction of sp³-hybridized carbons (Fsp3) is 0.414. The number of phenols is 1. The third-order valence-electron chi connectivity index (χ3n) is 6.86. The summed E-state index contributed by atoms with van der Waals surface area (Å²) in [7, 11) is 0. The van der Waals surface area contributed by atoms with E-state index >= 15 is 0 Å². The van der Waals surface area contributed by atoms with Gasteiger partial charge < -0.3 is 14.6 Å². The molecule has 4 nitrogen and oxygen atoms in total. The highest BCUT2D eigenvalue weighted by Crippen LogP contribution is 2.51. The average molecular weight is 447 g/mol. The van der Waals surface area contributed by atoms with Gasteiger partial charge >= 0.3 is 5.97 Å². The van der Waals surface area contributed by atoms with Crippen molar-refractivity contribution in [1.29, 1.82) is 0 Å². The molecule has 1 aliphatic heterocycles. The smallest absolute Gasteiger partial charge is 0.345 e. The van der Waals surface area contributed by atoms with E-state index in [1.165, 1.54) is 5.57 Å². The first-order valence-corrected chi connectivity index (χ1v) is 12.0. The van der Waals surface area contributed by atoms with Crippen LogP contribution in [0, 0.1) is 5.92 Å². The van der Waals surface area contributed by atoms with Crippen molar-refractivity contribution in [3.05, 3.63) is 82.5 Å². The highest BCUT2D eigenvalue weighted by atomic mass is 16.7. The van der Waals surface area contributed by atoms with Gasteiger partial charge in [0.05, 0.1) is 0 Å². The zero-order valence-electron chi connectivity index (χ0n) is 19.9. The highest BCUT2D eigenvalue weighted by molar-refractivity contribution is 5.96. The minimum absolute atomic E-state index is 0.1000. The molecule has 2 aliphatic rings. The van der Waals surface area contributed by atoms with Crippen molar-refractivity contribution in [2.75, 3.05) is 0 Å². The third-order valence-corrected chi connectivity index (χ3v) is 6.86. The maximum absolute atomic E-state index is 13.3. The number of carbonyl (C=O) groups excluding carboxylic acids is 1. The fourth-order valence-electron chi connectivity index (χ4n) is 5.08. The third kappa shape index (κ3) is 4.71. The summed E-state index contributed by atoms with van der Waals surface area (Å²) in [4.78, 5) is 13.3. The summed E-state index contributed by atoms with van der Waals surface area (Å²) in [6.45, 7) is 10.5. The molecule has 2 aromatic carbocycles. The zero-order valence-corrected chi connectivity index (χ0v) is 19.9. The second kappa shape index (κ2) is 9.86. The monoisotopic (exact) mass is 446 g/mol. The highest BCUT2D eigenvalue weighted by Gasteiger charge is 2.38. The van der Waals surface area contributed by atoms with Crippen molar-refractivity contribution in [2.45, 2.75) is 71.5 Å². The molecule has 0 spiro atoms. The van der Waals surface area contributed by atoms with Crippen LogP contribution in [0.1, 0.15) is 92.1 Å². The van der Waals surface area contributed by atoms with E-state index in [1.54, 1.807) is 6.07 Å². The molecule has 0 bridgehead atoms. The number of allylic oxidation sites excluding steroid dienone is 3. The summed E-state index contributed by atoms with van der Waals surface area (Å²) < 4.78 is 12.1. The average Bonchev–Trinajstić information content (AvgIpc) is 2.79. The predicted octanol–water partition coefficient (Wildman–Crippen LogP) is 7.39. The van der Waals surface area contributed by atoms with E-state index in [0.29, 0.717) is 23.3 Å². The van der Waals surface area contributed by atoms with Gasteiger partial charge in [0.1, 0.15) is 17.1 Å². The number of fused-ring (bicyclic) bond motifs is 1. The van der Waals surface area contributed by atoms with E-state index in [4.69, 9.17) is 9.47 Å². The molecule has 0 saturated carbocycles. The number of aryl methyl sites for hydroxylation is 1. The Labute approximate surface area is 196 Å². The van der Waals surface area contributed by atoms with Crippen LogP contribution < -0.4 is 4.74 Å². The molecule has 0 saturated heterocycles. The van der Waals surface area contributed by atoms with Crippen molar-refractivity contribution < 1.29 is 19.4 Å². The van der Waals surface area contributed by atoms with Crippen LogP contribution in [0.15, 0.2) is 60.2 Å². The Balaban J connectivity index is 1.87. The summed E-state index contributed by atoms with van der Waals surface area (Å²) in [5, 5.41) is 11.3. The first-order valence-electron chi connectivity index (χ1n) is 12.0. The number of hydrogen-bond donors (Lipinski definition) is 1. The molecule has 0 aromatic heterocycles. The summed E-state index contributed by atoms with van der Waals surface area (Å²) in [6, 6.07) is 11.2. The molecule has 3 unspecified atom stereocenters. The molecule has 4 heteroatoms. The van der Waals surface area contributed by atoms with Crippen molar-refractivity contribution in [1.82, 2.24) is 0 Å². The van der Waals surface area contributed by atoms with Crippen LogP contribution in [-0.2, 0) is 11.2 Å². The molecular formula is C29H34O4. The van der Waals surface area contributed by atoms with Gasteiger partial charge in [-0.3, -0.25) is 0 Å². The van der Waals surface area contributed by atoms with Gasteiger partial charge in [0.25, 0.3) is 6.29 Å².